The van der Waals surface area contributed by atoms with Gasteiger partial charge in [0.25, 0.3) is 0 Å². The molecule has 1 heterocycles. The van der Waals surface area contributed by atoms with E-state index < -0.39 is 15.6 Å². The molecule has 2 rings (SSSR count). The molecule has 0 saturated carbocycles. The summed E-state index contributed by atoms with van der Waals surface area (Å²) in [5.74, 6) is -3.38. The number of hydrogen-bond acceptors (Lipinski definition) is 4. The van der Waals surface area contributed by atoms with Gasteiger partial charge in [0.05, 0.1) is 4.90 Å². The quantitative estimate of drug-likeness (QED) is 0.912. The third-order valence-electron chi connectivity index (χ3n) is 3.36. The molecule has 1 unspecified atom stereocenters. The Hall–Kier alpha value is -1.21. The lowest BCUT2D eigenvalue weighted by atomic mass is 10.3. The second-order valence-corrected chi connectivity index (χ2v) is 6.44. The van der Waals surface area contributed by atoms with Crippen LogP contribution in [0.1, 0.15) is 6.42 Å². The molecule has 0 spiro atoms. The van der Waals surface area contributed by atoms with Gasteiger partial charge in [0.1, 0.15) is 0 Å². The van der Waals surface area contributed by atoms with Crippen molar-refractivity contribution in [2.75, 3.05) is 25.0 Å². The van der Waals surface area contributed by atoms with E-state index in [4.69, 9.17) is 0 Å². The SMILES string of the molecule is CNC1CCN(c2ccc(S(=O)(=O)C(F)F)cc2)C1. The summed E-state index contributed by atoms with van der Waals surface area (Å²) in [6.07, 6.45) is 1.01. The highest BCUT2D eigenvalue weighted by Gasteiger charge is 2.27. The van der Waals surface area contributed by atoms with Crippen molar-refractivity contribution < 1.29 is 17.2 Å². The predicted octanol–water partition coefficient (Wildman–Crippen LogP) is 1.48. The highest BCUT2D eigenvalue weighted by Crippen LogP contribution is 2.24. The van der Waals surface area contributed by atoms with Gasteiger partial charge in [-0.1, -0.05) is 0 Å². The molecular weight excluding hydrogens is 274 g/mol. The first kappa shape index (κ1) is 14.2. The number of halogens is 2. The van der Waals surface area contributed by atoms with E-state index in [1.165, 1.54) is 12.1 Å². The third kappa shape index (κ3) is 2.87. The summed E-state index contributed by atoms with van der Waals surface area (Å²) in [7, 11) is -2.60. The Balaban J connectivity index is 2.16. The maximum atomic E-state index is 12.4. The molecule has 1 aromatic rings. The molecule has 1 N–H and O–H groups in total. The number of rotatable bonds is 4. The van der Waals surface area contributed by atoms with Gasteiger partial charge in [0, 0.05) is 24.8 Å². The first-order valence-corrected chi connectivity index (χ1v) is 7.54. The molecule has 1 aliphatic rings. The molecule has 1 aliphatic heterocycles. The fraction of sp³-hybridized carbons (Fsp3) is 0.500. The molecule has 0 amide bonds. The summed E-state index contributed by atoms with van der Waals surface area (Å²) >= 11 is 0. The Bertz CT molecular complexity index is 531. The van der Waals surface area contributed by atoms with E-state index in [1.54, 1.807) is 12.1 Å². The number of nitrogens with one attached hydrogen (secondary N) is 1. The lowest BCUT2D eigenvalue weighted by Crippen LogP contribution is -2.29. The Morgan fingerprint density at radius 2 is 1.95 bits per heavy atom. The molecule has 0 aromatic heterocycles. The summed E-state index contributed by atoms with van der Waals surface area (Å²) in [5.41, 5.74) is 0.853. The van der Waals surface area contributed by atoms with Crippen molar-refractivity contribution in [1.82, 2.24) is 5.32 Å². The van der Waals surface area contributed by atoms with Gasteiger partial charge in [-0.05, 0) is 37.7 Å². The fourth-order valence-corrected chi connectivity index (χ4v) is 2.90. The first-order chi connectivity index (χ1) is 8.95. The molecule has 0 aliphatic carbocycles. The normalized spacial score (nSPS) is 20.2. The molecule has 0 radical (unpaired) electrons. The van der Waals surface area contributed by atoms with E-state index in [0.29, 0.717) is 6.04 Å². The highest BCUT2D eigenvalue weighted by atomic mass is 32.2. The first-order valence-electron chi connectivity index (χ1n) is 5.99. The number of anilines is 1. The minimum Gasteiger partial charge on any atom is -0.370 e. The van der Waals surface area contributed by atoms with Crippen molar-refractivity contribution in [3.05, 3.63) is 24.3 Å². The van der Waals surface area contributed by atoms with Crippen molar-refractivity contribution in [1.29, 1.82) is 0 Å². The summed E-state index contributed by atoms with van der Waals surface area (Å²) < 4.78 is 47.4. The van der Waals surface area contributed by atoms with Crippen LogP contribution in [0.2, 0.25) is 0 Å². The van der Waals surface area contributed by atoms with E-state index in [2.05, 4.69) is 10.2 Å². The van der Waals surface area contributed by atoms with Crippen LogP contribution in [-0.4, -0.2) is 40.4 Å². The van der Waals surface area contributed by atoms with Gasteiger partial charge in [-0.15, -0.1) is 0 Å². The van der Waals surface area contributed by atoms with E-state index >= 15 is 0 Å². The fourth-order valence-electron chi connectivity index (χ4n) is 2.18. The van der Waals surface area contributed by atoms with Gasteiger partial charge in [0.15, 0.2) is 0 Å². The van der Waals surface area contributed by atoms with Crippen LogP contribution >= 0.6 is 0 Å². The molecule has 19 heavy (non-hydrogen) atoms. The van der Waals surface area contributed by atoms with Crippen LogP contribution in [0.4, 0.5) is 14.5 Å². The second-order valence-electron chi connectivity index (χ2n) is 4.52. The molecule has 7 heteroatoms. The zero-order valence-electron chi connectivity index (χ0n) is 10.5. The Morgan fingerprint density at radius 3 is 2.42 bits per heavy atom. The van der Waals surface area contributed by atoms with Gasteiger partial charge in [-0.2, -0.15) is 8.78 Å². The number of sulfone groups is 1. The molecule has 1 fully saturated rings. The number of nitrogens with zero attached hydrogens (tertiary/aromatic N) is 1. The molecule has 106 valence electrons. The molecule has 1 saturated heterocycles. The van der Waals surface area contributed by atoms with Gasteiger partial charge in [-0.3, -0.25) is 0 Å². The van der Waals surface area contributed by atoms with Crippen molar-refractivity contribution in [2.45, 2.75) is 23.1 Å². The number of benzene rings is 1. The molecule has 0 bridgehead atoms. The van der Waals surface area contributed by atoms with Gasteiger partial charge < -0.3 is 10.2 Å². The number of likely N-dealkylation sites (N-methyl/N-ethyl adjacent to an activating group) is 1. The number of hydrogen-bond donors (Lipinski definition) is 1. The van der Waals surface area contributed by atoms with E-state index in [9.17, 15) is 17.2 Å². The Labute approximate surface area is 111 Å². The third-order valence-corrected chi connectivity index (χ3v) is 4.76. The zero-order chi connectivity index (χ0) is 14.0. The van der Waals surface area contributed by atoms with Crippen molar-refractivity contribution in [3.63, 3.8) is 0 Å². The lowest BCUT2D eigenvalue weighted by Gasteiger charge is -2.18. The highest BCUT2D eigenvalue weighted by molar-refractivity contribution is 7.91. The van der Waals surface area contributed by atoms with Crippen molar-refractivity contribution in [2.24, 2.45) is 0 Å². The van der Waals surface area contributed by atoms with Crippen LogP contribution in [0.5, 0.6) is 0 Å². The van der Waals surface area contributed by atoms with Crippen molar-refractivity contribution in [3.8, 4) is 0 Å². The van der Waals surface area contributed by atoms with Gasteiger partial charge in [-0.25, -0.2) is 8.42 Å². The lowest BCUT2D eigenvalue weighted by molar-refractivity contribution is 0.234. The van der Waals surface area contributed by atoms with E-state index in [1.807, 2.05) is 7.05 Å². The minimum absolute atomic E-state index is 0.337. The molecule has 4 nitrogen and oxygen atoms in total. The van der Waals surface area contributed by atoms with Gasteiger partial charge in [0.2, 0.25) is 9.84 Å². The summed E-state index contributed by atoms with van der Waals surface area (Å²) in [4.78, 5) is 1.76. The zero-order valence-corrected chi connectivity index (χ0v) is 11.3. The van der Waals surface area contributed by atoms with Crippen LogP contribution in [-0.2, 0) is 9.84 Å². The predicted molar refractivity (Wildman–Crippen MR) is 69.3 cm³/mol. The van der Waals surface area contributed by atoms with Crippen LogP contribution in [0.3, 0.4) is 0 Å². The van der Waals surface area contributed by atoms with Crippen LogP contribution < -0.4 is 10.2 Å². The van der Waals surface area contributed by atoms with E-state index in [0.717, 1.165) is 25.2 Å². The second kappa shape index (κ2) is 5.42. The molecule has 1 aromatic carbocycles. The standard InChI is InChI=1S/C12H16F2N2O2S/c1-15-9-6-7-16(8-9)10-2-4-11(5-3-10)19(17,18)12(13)14/h2-5,9,12,15H,6-8H2,1H3. The number of alkyl halides is 2. The summed E-state index contributed by atoms with van der Waals surface area (Å²) in [5, 5.41) is 3.18. The molecule has 1 atom stereocenters. The summed E-state index contributed by atoms with van der Waals surface area (Å²) in [6, 6.07) is 6.04. The summed E-state index contributed by atoms with van der Waals surface area (Å²) in [6.45, 7) is 1.70. The monoisotopic (exact) mass is 290 g/mol. The largest absolute Gasteiger partial charge is 0.370 e. The Morgan fingerprint density at radius 1 is 1.32 bits per heavy atom. The van der Waals surface area contributed by atoms with Crippen LogP contribution in [0.25, 0.3) is 0 Å². The average molecular weight is 290 g/mol. The van der Waals surface area contributed by atoms with Crippen molar-refractivity contribution >= 4 is 15.5 Å². The van der Waals surface area contributed by atoms with Crippen LogP contribution in [0, 0.1) is 0 Å². The average Bonchev–Trinajstić information content (AvgIpc) is 2.87. The van der Waals surface area contributed by atoms with Crippen LogP contribution in [0.15, 0.2) is 29.2 Å². The maximum Gasteiger partial charge on any atom is 0.341 e. The Kier molecular flexibility index (Phi) is 4.05. The minimum atomic E-state index is -4.50. The maximum absolute atomic E-state index is 12.4. The van der Waals surface area contributed by atoms with Gasteiger partial charge >= 0.3 is 5.76 Å². The molecular formula is C12H16F2N2O2S. The van der Waals surface area contributed by atoms with E-state index in [-0.39, 0.29) is 4.90 Å². The smallest absolute Gasteiger partial charge is 0.341 e. The topological polar surface area (TPSA) is 49.4 Å².